The molecular formula is C23H23N3S2. The summed E-state index contributed by atoms with van der Waals surface area (Å²) in [6.45, 7) is 4.50. The van der Waals surface area contributed by atoms with Crippen LogP contribution in [0.25, 0.3) is 31.7 Å². The molecule has 0 fully saturated rings. The smallest absolute Gasteiger partial charge is 0.127 e. The third-order valence-corrected chi connectivity index (χ3v) is 7.92. The van der Waals surface area contributed by atoms with E-state index < -0.39 is 0 Å². The third kappa shape index (κ3) is 3.11. The summed E-state index contributed by atoms with van der Waals surface area (Å²) >= 11 is 3.61. The van der Waals surface area contributed by atoms with E-state index in [-0.39, 0.29) is 0 Å². The second-order valence-corrected chi connectivity index (χ2v) is 9.84. The van der Waals surface area contributed by atoms with E-state index >= 15 is 0 Å². The van der Waals surface area contributed by atoms with Crippen molar-refractivity contribution in [3.63, 3.8) is 0 Å². The Morgan fingerprint density at radius 1 is 1.04 bits per heavy atom. The van der Waals surface area contributed by atoms with Gasteiger partial charge in [0.25, 0.3) is 0 Å². The van der Waals surface area contributed by atoms with Crippen molar-refractivity contribution in [3.05, 3.63) is 47.8 Å². The molecule has 5 heteroatoms. The van der Waals surface area contributed by atoms with Gasteiger partial charge in [0, 0.05) is 16.7 Å². The van der Waals surface area contributed by atoms with Gasteiger partial charge in [0.15, 0.2) is 0 Å². The van der Waals surface area contributed by atoms with Crippen molar-refractivity contribution in [1.29, 1.82) is 0 Å². The van der Waals surface area contributed by atoms with Crippen LogP contribution in [0.4, 0.5) is 0 Å². The number of pyridine rings is 1. The summed E-state index contributed by atoms with van der Waals surface area (Å²) in [4.78, 5) is 15.6. The van der Waals surface area contributed by atoms with Gasteiger partial charge in [-0.25, -0.2) is 15.0 Å². The number of aromatic nitrogens is 3. The van der Waals surface area contributed by atoms with Crippen molar-refractivity contribution in [3.8, 4) is 11.3 Å². The quantitative estimate of drug-likeness (QED) is 0.286. The molecule has 0 saturated heterocycles. The molecule has 3 nitrogen and oxygen atoms in total. The second kappa shape index (κ2) is 7.45. The minimum absolute atomic E-state index is 0.639. The van der Waals surface area contributed by atoms with Crippen LogP contribution in [0.1, 0.15) is 37.8 Å². The van der Waals surface area contributed by atoms with E-state index in [1.165, 1.54) is 45.3 Å². The van der Waals surface area contributed by atoms with Gasteiger partial charge < -0.3 is 0 Å². The summed E-state index contributed by atoms with van der Waals surface area (Å²) in [6, 6.07) is 10.6. The number of hydrogen-bond donors (Lipinski definition) is 0. The van der Waals surface area contributed by atoms with Crippen molar-refractivity contribution < 1.29 is 0 Å². The van der Waals surface area contributed by atoms with Crippen LogP contribution in [0.2, 0.25) is 0 Å². The zero-order valence-electron chi connectivity index (χ0n) is 16.2. The first kappa shape index (κ1) is 18.1. The Morgan fingerprint density at radius 3 is 2.61 bits per heavy atom. The van der Waals surface area contributed by atoms with E-state index in [1.807, 2.05) is 11.8 Å². The number of nitrogens with zero attached hydrogens (tertiary/aromatic N) is 3. The second-order valence-electron chi connectivity index (χ2n) is 7.83. The lowest BCUT2D eigenvalue weighted by atomic mass is 9.87. The fourth-order valence-corrected chi connectivity index (χ4v) is 6.21. The highest BCUT2D eigenvalue weighted by Gasteiger charge is 2.23. The van der Waals surface area contributed by atoms with Gasteiger partial charge in [0.1, 0.15) is 16.2 Å². The molecule has 0 atom stereocenters. The van der Waals surface area contributed by atoms with E-state index in [1.54, 1.807) is 17.7 Å². The highest BCUT2D eigenvalue weighted by Crippen LogP contribution is 2.43. The first-order valence-corrected chi connectivity index (χ1v) is 11.8. The number of hydrogen-bond acceptors (Lipinski definition) is 5. The lowest BCUT2D eigenvalue weighted by Gasteiger charge is -2.20. The summed E-state index contributed by atoms with van der Waals surface area (Å²) in [6.07, 6.45) is 6.46. The molecule has 3 heterocycles. The van der Waals surface area contributed by atoms with Crippen LogP contribution in [-0.4, -0.2) is 20.7 Å². The minimum atomic E-state index is 0.639. The van der Waals surface area contributed by atoms with E-state index in [4.69, 9.17) is 9.97 Å². The summed E-state index contributed by atoms with van der Waals surface area (Å²) in [5.41, 5.74) is 6.39. The molecule has 0 bridgehead atoms. The number of thioether (sulfide) groups is 1. The maximum Gasteiger partial charge on any atom is 0.127 e. The fraction of sp³-hybridized carbons (Fsp3) is 0.348. The van der Waals surface area contributed by atoms with Crippen molar-refractivity contribution >= 4 is 43.5 Å². The molecule has 142 valence electrons. The lowest BCUT2D eigenvalue weighted by Crippen LogP contribution is -2.07. The first-order valence-electron chi connectivity index (χ1n) is 9.99. The van der Waals surface area contributed by atoms with Gasteiger partial charge in [0.05, 0.1) is 15.9 Å². The monoisotopic (exact) mass is 405 g/mol. The Kier molecular flexibility index (Phi) is 4.81. The Labute approximate surface area is 173 Å². The summed E-state index contributed by atoms with van der Waals surface area (Å²) in [7, 11) is 0. The topological polar surface area (TPSA) is 38.7 Å². The molecule has 0 radical (unpaired) electrons. The maximum absolute atomic E-state index is 5.17. The Morgan fingerprint density at radius 2 is 1.82 bits per heavy atom. The fourth-order valence-electron chi connectivity index (χ4n) is 4.02. The van der Waals surface area contributed by atoms with Crippen LogP contribution >= 0.6 is 23.1 Å². The Hall–Kier alpha value is -1.98. The van der Waals surface area contributed by atoms with Crippen LogP contribution < -0.4 is 0 Å². The molecule has 0 spiro atoms. The van der Waals surface area contributed by atoms with Crippen molar-refractivity contribution in [1.82, 2.24) is 15.0 Å². The third-order valence-electron chi connectivity index (χ3n) is 5.29. The molecule has 0 aliphatic heterocycles. The highest BCUT2D eigenvalue weighted by atomic mass is 32.2. The lowest BCUT2D eigenvalue weighted by molar-refractivity contribution is 0.689. The average molecular weight is 406 g/mol. The molecule has 0 amide bonds. The van der Waals surface area contributed by atoms with E-state index in [0.29, 0.717) is 5.92 Å². The molecule has 1 aliphatic rings. The van der Waals surface area contributed by atoms with Gasteiger partial charge in [-0.15, -0.1) is 23.1 Å². The molecule has 0 saturated carbocycles. The number of rotatable bonds is 4. The normalized spacial score (nSPS) is 14.1. The molecule has 0 unspecified atom stereocenters. The van der Waals surface area contributed by atoms with Crippen LogP contribution in [0.5, 0.6) is 0 Å². The Bertz CT molecular complexity index is 1150. The summed E-state index contributed by atoms with van der Waals surface area (Å²) < 4.78 is 1.20. The predicted octanol–water partition coefficient (Wildman–Crippen LogP) is 6.53. The summed E-state index contributed by atoms with van der Waals surface area (Å²) in [5, 5.41) is 2.38. The van der Waals surface area contributed by atoms with E-state index in [2.05, 4.69) is 49.2 Å². The van der Waals surface area contributed by atoms with Crippen LogP contribution in [0.3, 0.4) is 0 Å². The van der Waals surface area contributed by atoms with Crippen LogP contribution in [0, 0.1) is 5.92 Å². The largest absolute Gasteiger partial charge is 0.236 e. The zero-order valence-corrected chi connectivity index (χ0v) is 17.9. The van der Waals surface area contributed by atoms with Gasteiger partial charge >= 0.3 is 0 Å². The van der Waals surface area contributed by atoms with Crippen LogP contribution in [0.15, 0.2) is 41.7 Å². The predicted molar refractivity (Wildman–Crippen MR) is 120 cm³/mol. The molecule has 28 heavy (non-hydrogen) atoms. The van der Waals surface area contributed by atoms with Crippen molar-refractivity contribution in [2.24, 2.45) is 5.92 Å². The molecule has 1 aromatic carbocycles. The van der Waals surface area contributed by atoms with Gasteiger partial charge in [-0.3, -0.25) is 0 Å². The van der Waals surface area contributed by atoms with Crippen molar-refractivity contribution in [2.75, 3.05) is 5.75 Å². The average Bonchev–Trinajstić information content (AvgIpc) is 3.11. The first-order chi connectivity index (χ1) is 13.7. The van der Waals surface area contributed by atoms with Gasteiger partial charge in [-0.2, -0.15) is 0 Å². The van der Waals surface area contributed by atoms with Gasteiger partial charge in [-0.1, -0.05) is 44.2 Å². The molecule has 0 N–H and O–H groups in total. The molecule has 4 aromatic rings. The van der Waals surface area contributed by atoms with Crippen LogP contribution in [-0.2, 0) is 12.8 Å². The molecule has 3 aromatic heterocycles. The molecular weight excluding hydrogens is 382 g/mol. The standard InChI is InChI=1S/C23H23N3S2/c1-14(2)12-27-23-21-20(24-13-25-23)18-16-10-6-7-11-17(16)19(26-22(18)28-21)15-8-4-3-5-9-15/h3-5,8-9,13-14H,6-7,10-12H2,1-2H3. The SMILES string of the molecule is CC(C)CSc1ncnc2c1sc1nc(-c3ccccc3)c3c(c12)CCCC3. The number of fused-ring (bicyclic) bond motifs is 5. The zero-order chi connectivity index (χ0) is 19.1. The summed E-state index contributed by atoms with van der Waals surface area (Å²) in [5.74, 6) is 1.71. The van der Waals surface area contributed by atoms with E-state index in [0.717, 1.165) is 34.0 Å². The van der Waals surface area contributed by atoms with Crippen molar-refractivity contribution in [2.45, 2.75) is 44.6 Å². The number of thiophene rings is 1. The molecule has 1 aliphatic carbocycles. The van der Waals surface area contributed by atoms with Gasteiger partial charge in [-0.05, 0) is 42.7 Å². The Balaban J connectivity index is 1.77. The number of benzene rings is 1. The number of aryl methyl sites for hydroxylation is 1. The molecule has 5 rings (SSSR count). The van der Waals surface area contributed by atoms with Gasteiger partial charge in [0.2, 0.25) is 0 Å². The minimum Gasteiger partial charge on any atom is -0.236 e. The maximum atomic E-state index is 5.17. The highest BCUT2D eigenvalue weighted by molar-refractivity contribution is 7.99. The van der Waals surface area contributed by atoms with E-state index in [9.17, 15) is 0 Å².